The molecule has 0 aromatic heterocycles. The van der Waals surface area contributed by atoms with Gasteiger partial charge in [-0.05, 0) is 30.7 Å². The Balaban J connectivity index is 2.18. The van der Waals surface area contributed by atoms with Crippen molar-refractivity contribution in [1.29, 1.82) is 0 Å². The molecule has 0 saturated heterocycles. The molecule has 2 aromatic rings. The molecule has 2 aromatic carbocycles. The zero-order chi connectivity index (χ0) is 15.0. The van der Waals surface area contributed by atoms with Gasteiger partial charge in [0.05, 0.1) is 0 Å². The van der Waals surface area contributed by atoms with E-state index >= 15 is 0 Å². The molecular weight excluding hydrogens is 266 g/mol. The molecule has 0 spiro atoms. The van der Waals surface area contributed by atoms with Crippen molar-refractivity contribution in [2.45, 2.75) is 12.3 Å². The summed E-state index contributed by atoms with van der Waals surface area (Å²) in [5, 5.41) is 29.8. The molecule has 0 saturated carbocycles. The second-order valence-electron chi connectivity index (χ2n) is 5.64. The highest BCUT2D eigenvalue weighted by molar-refractivity contribution is 5.59. The Labute approximate surface area is 123 Å². The van der Waals surface area contributed by atoms with Gasteiger partial charge < -0.3 is 20.2 Å². The van der Waals surface area contributed by atoms with E-state index in [1.165, 1.54) is 0 Å². The van der Waals surface area contributed by atoms with Crippen LogP contribution in [0.15, 0.2) is 36.4 Å². The minimum Gasteiger partial charge on any atom is -0.504 e. The van der Waals surface area contributed by atoms with Gasteiger partial charge >= 0.3 is 0 Å². The van der Waals surface area contributed by atoms with Gasteiger partial charge in [0.15, 0.2) is 11.5 Å². The zero-order valence-corrected chi connectivity index (χ0v) is 12.0. The van der Waals surface area contributed by atoms with Crippen molar-refractivity contribution in [3.63, 3.8) is 0 Å². The molecule has 3 N–H and O–H groups in total. The van der Waals surface area contributed by atoms with E-state index in [4.69, 9.17) is 0 Å². The van der Waals surface area contributed by atoms with Gasteiger partial charge in [0, 0.05) is 24.6 Å². The van der Waals surface area contributed by atoms with Crippen LogP contribution in [0, 0.1) is 0 Å². The summed E-state index contributed by atoms with van der Waals surface area (Å²) in [7, 11) is 2.04. The predicted molar refractivity (Wildman–Crippen MR) is 80.9 cm³/mol. The number of phenols is 3. The lowest BCUT2D eigenvalue weighted by molar-refractivity contribution is 0.337. The maximum Gasteiger partial charge on any atom is 0.200 e. The number of fused-ring (bicyclic) bond motifs is 1. The summed E-state index contributed by atoms with van der Waals surface area (Å²) in [6.07, 6.45) is 0.648. The molecule has 0 aliphatic carbocycles. The molecular formula is C17H19NO3. The van der Waals surface area contributed by atoms with Gasteiger partial charge in [0.25, 0.3) is 0 Å². The minimum atomic E-state index is -0.426. The quantitative estimate of drug-likeness (QED) is 0.704. The lowest BCUT2D eigenvalue weighted by Crippen LogP contribution is -2.24. The van der Waals surface area contributed by atoms with Crippen LogP contribution in [-0.2, 0) is 6.42 Å². The monoisotopic (exact) mass is 285 g/mol. The van der Waals surface area contributed by atoms with Crippen LogP contribution in [0.3, 0.4) is 0 Å². The summed E-state index contributed by atoms with van der Waals surface area (Å²) in [5.74, 6) is -0.825. The van der Waals surface area contributed by atoms with E-state index in [9.17, 15) is 15.3 Å². The van der Waals surface area contributed by atoms with E-state index in [1.54, 1.807) is 6.07 Å². The molecule has 4 nitrogen and oxygen atoms in total. The largest absolute Gasteiger partial charge is 0.504 e. The first-order chi connectivity index (χ1) is 10.1. The van der Waals surface area contributed by atoms with Crippen LogP contribution in [0.1, 0.15) is 22.6 Å². The summed E-state index contributed by atoms with van der Waals surface area (Å²) in [6, 6.07) is 11.6. The first kappa shape index (κ1) is 13.8. The molecule has 1 aliphatic rings. The van der Waals surface area contributed by atoms with Crippen molar-refractivity contribution in [2.24, 2.45) is 0 Å². The summed E-state index contributed by atoms with van der Waals surface area (Å²) in [6.45, 7) is 1.61. The fraction of sp³-hybridized carbons (Fsp3) is 0.294. The Morgan fingerprint density at radius 1 is 1.05 bits per heavy atom. The molecule has 0 unspecified atom stereocenters. The Hall–Kier alpha value is -2.20. The second-order valence-corrected chi connectivity index (χ2v) is 5.64. The minimum absolute atomic E-state index is 0.0612. The Morgan fingerprint density at radius 2 is 1.76 bits per heavy atom. The van der Waals surface area contributed by atoms with Gasteiger partial charge in [-0.3, -0.25) is 0 Å². The molecule has 1 heterocycles. The van der Waals surface area contributed by atoms with Gasteiger partial charge in [0.1, 0.15) is 0 Å². The molecule has 0 fully saturated rings. The van der Waals surface area contributed by atoms with Crippen LogP contribution in [0.25, 0.3) is 0 Å². The highest BCUT2D eigenvalue weighted by atomic mass is 16.3. The second kappa shape index (κ2) is 5.30. The average molecular weight is 285 g/mol. The summed E-state index contributed by atoms with van der Waals surface area (Å²) in [4.78, 5) is 2.20. The standard InChI is InChI=1S/C17H19NO3/c1-18-8-7-12-13(9-15(19)17(21)16(12)20)14(10-18)11-5-3-2-4-6-11/h2-6,9,14,19-21H,7-8,10H2,1H3/t14-/m1/s1. The molecule has 3 rings (SSSR count). The topological polar surface area (TPSA) is 63.9 Å². The van der Waals surface area contributed by atoms with Crippen molar-refractivity contribution < 1.29 is 15.3 Å². The third kappa shape index (κ3) is 2.43. The molecule has 0 bridgehead atoms. The summed E-state index contributed by atoms with van der Waals surface area (Å²) in [5.41, 5.74) is 2.75. The number of rotatable bonds is 1. The Morgan fingerprint density at radius 3 is 2.48 bits per heavy atom. The van der Waals surface area contributed by atoms with Gasteiger partial charge in [-0.2, -0.15) is 0 Å². The highest BCUT2D eigenvalue weighted by Gasteiger charge is 2.27. The van der Waals surface area contributed by atoms with Crippen molar-refractivity contribution in [3.8, 4) is 17.2 Å². The van der Waals surface area contributed by atoms with E-state index in [1.807, 2.05) is 25.2 Å². The van der Waals surface area contributed by atoms with E-state index in [0.29, 0.717) is 6.42 Å². The van der Waals surface area contributed by atoms with Crippen LogP contribution >= 0.6 is 0 Å². The van der Waals surface area contributed by atoms with Gasteiger partial charge in [-0.1, -0.05) is 30.3 Å². The molecule has 4 heteroatoms. The normalized spacial score (nSPS) is 19.0. The maximum atomic E-state index is 10.2. The number of hydrogen-bond donors (Lipinski definition) is 3. The predicted octanol–water partition coefficient (Wildman–Crippen LogP) is 2.42. The maximum absolute atomic E-state index is 10.2. The molecule has 21 heavy (non-hydrogen) atoms. The van der Waals surface area contributed by atoms with Crippen molar-refractivity contribution in [1.82, 2.24) is 4.90 Å². The van der Waals surface area contributed by atoms with Gasteiger partial charge in [-0.15, -0.1) is 0 Å². The highest BCUT2D eigenvalue weighted by Crippen LogP contribution is 2.44. The van der Waals surface area contributed by atoms with Crippen LogP contribution in [0.2, 0.25) is 0 Å². The Kier molecular flexibility index (Phi) is 3.47. The molecule has 1 aliphatic heterocycles. The van der Waals surface area contributed by atoms with Crippen LogP contribution < -0.4 is 0 Å². The number of phenolic OH excluding ortho intramolecular Hbond substituents is 3. The van der Waals surface area contributed by atoms with E-state index in [2.05, 4.69) is 17.0 Å². The van der Waals surface area contributed by atoms with Crippen molar-refractivity contribution in [3.05, 3.63) is 53.1 Å². The number of aromatic hydroxyl groups is 3. The third-order valence-electron chi connectivity index (χ3n) is 4.21. The van der Waals surface area contributed by atoms with E-state index < -0.39 is 5.75 Å². The van der Waals surface area contributed by atoms with Crippen LogP contribution in [0.5, 0.6) is 17.2 Å². The molecule has 1 atom stereocenters. The molecule has 0 amide bonds. The van der Waals surface area contributed by atoms with Gasteiger partial charge in [0.2, 0.25) is 5.75 Å². The summed E-state index contributed by atoms with van der Waals surface area (Å²) < 4.78 is 0. The SMILES string of the molecule is CN1CCc2c(cc(O)c(O)c2O)[C@@H](c2ccccc2)C1. The first-order valence-electron chi connectivity index (χ1n) is 7.08. The van der Waals surface area contributed by atoms with Crippen LogP contribution in [0.4, 0.5) is 0 Å². The smallest absolute Gasteiger partial charge is 0.200 e. The summed E-state index contributed by atoms with van der Waals surface area (Å²) >= 11 is 0. The van der Waals surface area contributed by atoms with Gasteiger partial charge in [-0.25, -0.2) is 0 Å². The fourth-order valence-electron chi connectivity index (χ4n) is 3.05. The number of nitrogens with zero attached hydrogens (tertiary/aromatic N) is 1. The third-order valence-corrected chi connectivity index (χ3v) is 4.21. The Bertz CT molecular complexity index is 655. The number of likely N-dealkylation sites (N-methyl/N-ethyl adjacent to an activating group) is 1. The van der Waals surface area contributed by atoms with Crippen LogP contribution in [-0.4, -0.2) is 40.4 Å². The lowest BCUT2D eigenvalue weighted by Gasteiger charge is -2.22. The fourth-order valence-corrected chi connectivity index (χ4v) is 3.05. The molecule has 0 radical (unpaired) electrons. The number of hydrogen-bond acceptors (Lipinski definition) is 4. The zero-order valence-electron chi connectivity index (χ0n) is 12.0. The van der Waals surface area contributed by atoms with Crippen molar-refractivity contribution >= 4 is 0 Å². The number of benzene rings is 2. The average Bonchev–Trinajstić information content (AvgIpc) is 2.65. The van der Waals surface area contributed by atoms with E-state index in [0.717, 1.165) is 29.8 Å². The molecule has 110 valence electrons. The lowest BCUT2D eigenvalue weighted by atomic mass is 9.87. The first-order valence-corrected chi connectivity index (χ1v) is 7.08. The van der Waals surface area contributed by atoms with Crippen molar-refractivity contribution in [2.75, 3.05) is 20.1 Å². The van der Waals surface area contributed by atoms with E-state index in [-0.39, 0.29) is 17.4 Å².